The highest BCUT2D eigenvalue weighted by Crippen LogP contribution is 2.30. The number of hydrogen-bond donors (Lipinski definition) is 1. The first-order valence-corrected chi connectivity index (χ1v) is 9.59. The van der Waals surface area contributed by atoms with Gasteiger partial charge in [-0.25, -0.2) is 0 Å². The molecule has 0 aromatic heterocycles. The van der Waals surface area contributed by atoms with E-state index in [2.05, 4.69) is 28.9 Å². The summed E-state index contributed by atoms with van der Waals surface area (Å²) >= 11 is 0. The standard InChI is InChI=1S/C22H30N2O2/c1-3-9-20(22(25)18-10-5-4-6-11-18)24-16-14-23(15-17-24)19-12-7-8-13-21(19)26-2/h4-8,10-13,20,22,25H,3,9,14-17H2,1-2H3. The number of ether oxygens (including phenoxy) is 1. The third kappa shape index (κ3) is 4.19. The van der Waals surface area contributed by atoms with Gasteiger partial charge < -0.3 is 14.7 Å². The number of anilines is 1. The van der Waals surface area contributed by atoms with Crippen LogP contribution in [0.3, 0.4) is 0 Å². The van der Waals surface area contributed by atoms with Gasteiger partial charge in [0.2, 0.25) is 0 Å². The van der Waals surface area contributed by atoms with Gasteiger partial charge in [-0.3, -0.25) is 4.90 Å². The van der Waals surface area contributed by atoms with Crippen molar-refractivity contribution in [2.24, 2.45) is 0 Å². The van der Waals surface area contributed by atoms with Crippen LogP contribution in [0.5, 0.6) is 5.75 Å². The molecule has 1 heterocycles. The summed E-state index contributed by atoms with van der Waals surface area (Å²) in [4.78, 5) is 4.83. The van der Waals surface area contributed by atoms with E-state index < -0.39 is 6.10 Å². The summed E-state index contributed by atoms with van der Waals surface area (Å²) < 4.78 is 5.51. The van der Waals surface area contributed by atoms with Gasteiger partial charge >= 0.3 is 0 Å². The van der Waals surface area contributed by atoms with Gasteiger partial charge in [-0.2, -0.15) is 0 Å². The molecule has 0 aliphatic carbocycles. The zero-order chi connectivity index (χ0) is 18.4. The Morgan fingerprint density at radius 2 is 1.62 bits per heavy atom. The molecular formula is C22H30N2O2. The zero-order valence-electron chi connectivity index (χ0n) is 15.8. The number of piperazine rings is 1. The molecule has 1 N–H and O–H groups in total. The van der Waals surface area contributed by atoms with E-state index in [4.69, 9.17) is 4.74 Å². The van der Waals surface area contributed by atoms with Gasteiger partial charge in [-0.15, -0.1) is 0 Å². The van der Waals surface area contributed by atoms with Crippen molar-refractivity contribution in [2.75, 3.05) is 38.2 Å². The van der Waals surface area contributed by atoms with Gasteiger partial charge in [0, 0.05) is 32.2 Å². The Balaban J connectivity index is 1.68. The zero-order valence-corrected chi connectivity index (χ0v) is 15.8. The topological polar surface area (TPSA) is 35.9 Å². The van der Waals surface area contributed by atoms with Gasteiger partial charge in [0.05, 0.1) is 18.9 Å². The molecule has 26 heavy (non-hydrogen) atoms. The number of aliphatic hydroxyl groups excluding tert-OH is 1. The van der Waals surface area contributed by atoms with Crippen LogP contribution in [0, 0.1) is 0 Å². The minimum atomic E-state index is -0.436. The van der Waals surface area contributed by atoms with Crippen LogP contribution in [0.2, 0.25) is 0 Å². The van der Waals surface area contributed by atoms with E-state index in [1.54, 1.807) is 7.11 Å². The van der Waals surface area contributed by atoms with Gasteiger partial charge in [0.15, 0.2) is 0 Å². The maximum atomic E-state index is 11.0. The van der Waals surface area contributed by atoms with Crippen LogP contribution < -0.4 is 9.64 Å². The average molecular weight is 354 g/mol. The summed E-state index contributed by atoms with van der Waals surface area (Å²) in [6.07, 6.45) is 1.64. The normalized spacial score (nSPS) is 17.7. The van der Waals surface area contributed by atoms with Crippen LogP contribution in [0.15, 0.2) is 54.6 Å². The van der Waals surface area contributed by atoms with Gasteiger partial charge in [0.25, 0.3) is 0 Å². The molecule has 2 unspecified atom stereocenters. The van der Waals surface area contributed by atoms with Crippen molar-refractivity contribution in [3.05, 3.63) is 60.2 Å². The monoisotopic (exact) mass is 354 g/mol. The SMILES string of the molecule is CCCC(C(O)c1ccccc1)N1CCN(c2ccccc2OC)CC1. The number of rotatable bonds is 7. The maximum absolute atomic E-state index is 11.0. The van der Waals surface area contributed by atoms with Crippen molar-refractivity contribution in [3.63, 3.8) is 0 Å². The highest BCUT2D eigenvalue weighted by molar-refractivity contribution is 5.58. The van der Waals surface area contributed by atoms with E-state index in [1.807, 2.05) is 42.5 Å². The molecule has 1 aliphatic rings. The third-order valence-electron chi connectivity index (χ3n) is 5.30. The lowest BCUT2D eigenvalue weighted by molar-refractivity contribution is 0.0393. The highest BCUT2D eigenvalue weighted by atomic mass is 16.5. The van der Waals surface area contributed by atoms with Crippen LogP contribution in [-0.2, 0) is 0 Å². The van der Waals surface area contributed by atoms with Crippen molar-refractivity contribution in [2.45, 2.75) is 31.9 Å². The second-order valence-electron chi connectivity index (χ2n) is 6.91. The van der Waals surface area contributed by atoms with Crippen LogP contribution in [0.1, 0.15) is 31.4 Å². The summed E-state index contributed by atoms with van der Waals surface area (Å²) in [5.41, 5.74) is 2.17. The molecule has 0 amide bonds. The Morgan fingerprint density at radius 1 is 0.962 bits per heavy atom. The first kappa shape index (κ1) is 18.7. The molecule has 1 saturated heterocycles. The molecule has 140 valence electrons. The van der Waals surface area contributed by atoms with Crippen molar-refractivity contribution >= 4 is 5.69 Å². The molecule has 2 atom stereocenters. The number of hydrogen-bond acceptors (Lipinski definition) is 4. The van der Waals surface area contributed by atoms with Crippen molar-refractivity contribution in [1.82, 2.24) is 4.90 Å². The van der Waals surface area contributed by atoms with Crippen LogP contribution >= 0.6 is 0 Å². The lowest BCUT2D eigenvalue weighted by Crippen LogP contribution is -2.52. The molecule has 3 rings (SSSR count). The molecule has 1 aliphatic heterocycles. The fourth-order valence-corrected chi connectivity index (χ4v) is 3.89. The Kier molecular flexibility index (Phi) is 6.53. The summed E-state index contributed by atoms with van der Waals surface area (Å²) in [6, 6.07) is 18.4. The second-order valence-corrected chi connectivity index (χ2v) is 6.91. The Labute approximate surface area is 157 Å². The number of benzene rings is 2. The Morgan fingerprint density at radius 3 is 2.27 bits per heavy atom. The molecule has 0 spiro atoms. The van der Waals surface area contributed by atoms with E-state index in [0.717, 1.165) is 56.0 Å². The van der Waals surface area contributed by atoms with E-state index >= 15 is 0 Å². The van der Waals surface area contributed by atoms with E-state index in [1.165, 1.54) is 0 Å². The fourth-order valence-electron chi connectivity index (χ4n) is 3.89. The first-order chi connectivity index (χ1) is 12.7. The van der Waals surface area contributed by atoms with Crippen molar-refractivity contribution in [1.29, 1.82) is 0 Å². The largest absolute Gasteiger partial charge is 0.495 e. The number of nitrogens with zero attached hydrogens (tertiary/aromatic N) is 2. The van der Waals surface area contributed by atoms with Crippen molar-refractivity contribution in [3.8, 4) is 5.75 Å². The molecular weight excluding hydrogens is 324 g/mol. The molecule has 2 aromatic rings. The molecule has 0 saturated carbocycles. The van der Waals surface area contributed by atoms with Gasteiger partial charge in [-0.1, -0.05) is 55.8 Å². The number of para-hydroxylation sites is 2. The predicted octanol–water partition coefficient (Wildman–Crippen LogP) is 3.72. The quantitative estimate of drug-likeness (QED) is 0.822. The second kappa shape index (κ2) is 9.06. The van der Waals surface area contributed by atoms with Crippen LogP contribution in [0.4, 0.5) is 5.69 Å². The molecule has 4 nitrogen and oxygen atoms in total. The summed E-state index contributed by atoms with van der Waals surface area (Å²) in [5.74, 6) is 0.926. The minimum Gasteiger partial charge on any atom is -0.495 e. The average Bonchev–Trinajstić information content (AvgIpc) is 2.72. The molecule has 0 radical (unpaired) electrons. The van der Waals surface area contributed by atoms with E-state index in [9.17, 15) is 5.11 Å². The van der Waals surface area contributed by atoms with Crippen LogP contribution in [-0.4, -0.2) is 49.3 Å². The van der Waals surface area contributed by atoms with Crippen LogP contribution in [0.25, 0.3) is 0 Å². The first-order valence-electron chi connectivity index (χ1n) is 9.59. The third-order valence-corrected chi connectivity index (χ3v) is 5.30. The Hall–Kier alpha value is -2.04. The lowest BCUT2D eigenvalue weighted by atomic mass is 9.96. The molecule has 1 fully saturated rings. The fraction of sp³-hybridized carbons (Fsp3) is 0.455. The summed E-state index contributed by atoms with van der Waals surface area (Å²) in [6.45, 7) is 5.99. The lowest BCUT2D eigenvalue weighted by Gasteiger charge is -2.42. The van der Waals surface area contributed by atoms with Gasteiger partial charge in [0.1, 0.15) is 5.75 Å². The minimum absolute atomic E-state index is 0.169. The number of methoxy groups -OCH3 is 1. The molecule has 2 aromatic carbocycles. The van der Waals surface area contributed by atoms with Gasteiger partial charge in [-0.05, 0) is 24.1 Å². The molecule has 0 bridgehead atoms. The van der Waals surface area contributed by atoms with E-state index in [-0.39, 0.29) is 6.04 Å². The predicted molar refractivity (Wildman–Crippen MR) is 107 cm³/mol. The summed E-state index contributed by atoms with van der Waals surface area (Å²) in [5, 5.41) is 11.0. The number of aliphatic hydroxyl groups is 1. The molecule has 4 heteroatoms. The van der Waals surface area contributed by atoms with Crippen molar-refractivity contribution < 1.29 is 9.84 Å². The summed E-state index contributed by atoms with van der Waals surface area (Å²) in [7, 11) is 1.72. The van der Waals surface area contributed by atoms with E-state index in [0.29, 0.717) is 0 Å². The highest BCUT2D eigenvalue weighted by Gasteiger charge is 2.29. The Bertz CT molecular complexity index is 669. The maximum Gasteiger partial charge on any atom is 0.142 e. The smallest absolute Gasteiger partial charge is 0.142 e.